The Balaban J connectivity index is 1.27. The number of halogens is 1. The Kier molecular flexibility index (Phi) is 7.33. The maximum Gasteiger partial charge on any atom is 0.271 e. The van der Waals surface area contributed by atoms with E-state index in [1.807, 2.05) is 43.0 Å². The molecule has 1 aromatic carbocycles. The second-order valence-electron chi connectivity index (χ2n) is 8.41. The van der Waals surface area contributed by atoms with Crippen LogP contribution in [0.5, 0.6) is 5.75 Å². The van der Waals surface area contributed by atoms with E-state index < -0.39 is 5.91 Å². The van der Waals surface area contributed by atoms with Gasteiger partial charge in [-0.05, 0) is 38.0 Å². The number of piperazine rings is 1. The van der Waals surface area contributed by atoms with Gasteiger partial charge in [0.25, 0.3) is 5.91 Å². The molecule has 0 saturated carbocycles. The molecule has 34 heavy (non-hydrogen) atoms. The molecule has 0 atom stereocenters. The number of carbonyl (C=O) groups is 2. The normalized spacial score (nSPS) is 14.5. The van der Waals surface area contributed by atoms with E-state index >= 15 is 0 Å². The molecule has 1 fully saturated rings. The summed E-state index contributed by atoms with van der Waals surface area (Å²) in [6.45, 7) is 8.19. The number of imidazole rings is 1. The number of fused-ring (bicyclic) bond motifs is 1. The topological polar surface area (TPSA) is 106 Å². The number of carbonyl (C=O) groups excluding carboxylic acids is 2. The molecular formula is C24H29ClN6O3. The van der Waals surface area contributed by atoms with Crippen LogP contribution in [0.3, 0.4) is 0 Å². The third-order valence-corrected chi connectivity index (χ3v) is 6.61. The number of nitrogens with two attached hydrogens (primary N) is 1. The molecule has 2 aromatic heterocycles. The van der Waals surface area contributed by atoms with Crippen LogP contribution in [0.25, 0.3) is 5.65 Å². The van der Waals surface area contributed by atoms with Crippen LogP contribution >= 0.6 is 11.6 Å². The van der Waals surface area contributed by atoms with E-state index in [1.165, 1.54) is 0 Å². The summed E-state index contributed by atoms with van der Waals surface area (Å²) < 4.78 is 7.54. The molecule has 180 valence electrons. The quantitative estimate of drug-likeness (QED) is 0.525. The zero-order chi connectivity index (χ0) is 24.2. The number of aromatic nitrogens is 3. The Bertz CT molecular complexity index is 1200. The summed E-state index contributed by atoms with van der Waals surface area (Å²) in [6, 6.07) is 7.45. The fourth-order valence-electron chi connectivity index (χ4n) is 4.32. The lowest BCUT2D eigenvalue weighted by atomic mass is 10.1. The van der Waals surface area contributed by atoms with E-state index in [9.17, 15) is 9.59 Å². The van der Waals surface area contributed by atoms with Crippen LogP contribution in [-0.4, -0.2) is 75.3 Å². The number of para-hydroxylation sites is 1. The van der Waals surface area contributed by atoms with Gasteiger partial charge in [-0.2, -0.15) is 0 Å². The van der Waals surface area contributed by atoms with Crippen molar-refractivity contribution in [3.8, 4) is 5.75 Å². The van der Waals surface area contributed by atoms with Gasteiger partial charge in [-0.1, -0.05) is 23.7 Å². The lowest BCUT2D eigenvalue weighted by Gasteiger charge is -2.34. The van der Waals surface area contributed by atoms with Crippen LogP contribution in [0.1, 0.15) is 33.9 Å². The summed E-state index contributed by atoms with van der Waals surface area (Å²) >= 11 is 6.13. The molecule has 0 unspecified atom stereocenters. The van der Waals surface area contributed by atoms with Crippen molar-refractivity contribution in [1.82, 2.24) is 24.2 Å². The number of ether oxygens (including phenoxy) is 1. The molecule has 2 amide bonds. The van der Waals surface area contributed by atoms with Crippen LogP contribution in [0.2, 0.25) is 5.02 Å². The first kappa shape index (κ1) is 24.0. The molecule has 4 rings (SSSR count). The predicted molar refractivity (Wildman–Crippen MR) is 129 cm³/mol. The van der Waals surface area contributed by atoms with Gasteiger partial charge in [0.1, 0.15) is 18.7 Å². The molecule has 1 aliphatic rings. The monoisotopic (exact) mass is 484 g/mol. The number of primary amides is 1. The van der Waals surface area contributed by atoms with Crippen molar-refractivity contribution in [2.75, 3.05) is 39.3 Å². The van der Waals surface area contributed by atoms with Gasteiger partial charge in [-0.15, -0.1) is 0 Å². The highest BCUT2D eigenvalue weighted by molar-refractivity contribution is 6.32. The van der Waals surface area contributed by atoms with Gasteiger partial charge in [0.15, 0.2) is 11.3 Å². The molecule has 10 heteroatoms. The summed E-state index contributed by atoms with van der Waals surface area (Å²) in [7, 11) is 0. The average Bonchev–Trinajstić information content (AvgIpc) is 3.25. The van der Waals surface area contributed by atoms with Crippen LogP contribution in [-0.2, 0) is 11.2 Å². The summed E-state index contributed by atoms with van der Waals surface area (Å²) in [6.07, 6.45) is 2.54. The van der Waals surface area contributed by atoms with Crippen molar-refractivity contribution in [3.05, 3.63) is 58.3 Å². The third-order valence-electron chi connectivity index (χ3n) is 6.30. The Labute approximate surface area is 203 Å². The van der Waals surface area contributed by atoms with Crippen LogP contribution in [0.4, 0.5) is 0 Å². The summed E-state index contributed by atoms with van der Waals surface area (Å²) in [4.78, 5) is 37.3. The first-order valence-corrected chi connectivity index (χ1v) is 11.7. The van der Waals surface area contributed by atoms with E-state index in [-0.39, 0.29) is 11.6 Å². The largest absolute Gasteiger partial charge is 0.491 e. The molecule has 0 spiro atoms. The molecule has 1 aliphatic heterocycles. The Hall–Kier alpha value is -3.17. The molecule has 1 saturated heterocycles. The number of benzene rings is 1. The van der Waals surface area contributed by atoms with Crippen molar-refractivity contribution in [1.29, 1.82) is 0 Å². The predicted octanol–water partition coefficient (Wildman–Crippen LogP) is 2.25. The second-order valence-corrected chi connectivity index (χ2v) is 8.82. The molecule has 2 N–H and O–H groups in total. The number of hydrogen-bond acceptors (Lipinski definition) is 6. The SMILES string of the molecule is Cc1nc2c(C(N)=O)ncn2c(C)c1CCC(=O)N1CCN(CCOc2ccccc2Cl)CC1. The number of nitrogens with zero attached hydrogens (tertiary/aromatic N) is 5. The first-order chi connectivity index (χ1) is 16.3. The summed E-state index contributed by atoms with van der Waals surface area (Å²) in [5.74, 6) is 0.221. The van der Waals surface area contributed by atoms with Crippen molar-refractivity contribution in [3.63, 3.8) is 0 Å². The number of hydrogen-bond donors (Lipinski definition) is 1. The smallest absolute Gasteiger partial charge is 0.271 e. The van der Waals surface area contributed by atoms with Gasteiger partial charge in [-0.25, -0.2) is 9.97 Å². The lowest BCUT2D eigenvalue weighted by Crippen LogP contribution is -2.49. The number of aryl methyl sites for hydroxylation is 2. The fourth-order valence-corrected chi connectivity index (χ4v) is 4.51. The van der Waals surface area contributed by atoms with E-state index in [0.29, 0.717) is 49.0 Å². The number of rotatable bonds is 8. The Morgan fingerprint density at radius 2 is 1.88 bits per heavy atom. The van der Waals surface area contributed by atoms with Gasteiger partial charge < -0.3 is 15.4 Å². The molecule has 0 bridgehead atoms. The highest BCUT2D eigenvalue weighted by atomic mass is 35.5. The van der Waals surface area contributed by atoms with Crippen LogP contribution < -0.4 is 10.5 Å². The Morgan fingerprint density at radius 3 is 2.59 bits per heavy atom. The van der Waals surface area contributed by atoms with Gasteiger partial charge in [0, 0.05) is 50.5 Å². The zero-order valence-corrected chi connectivity index (χ0v) is 20.2. The zero-order valence-electron chi connectivity index (χ0n) is 19.5. The fraction of sp³-hybridized carbons (Fsp3) is 0.417. The third kappa shape index (κ3) is 5.15. The van der Waals surface area contributed by atoms with Crippen molar-refractivity contribution in [2.24, 2.45) is 5.73 Å². The minimum Gasteiger partial charge on any atom is -0.491 e. The Morgan fingerprint density at radius 1 is 1.15 bits per heavy atom. The van der Waals surface area contributed by atoms with Crippen molar-refractivity contribution in [2.45, 2.75) is 26.7 Å². The highest BCUT2D eigenvalue weighted by Crippen LogP contribution is 2.23. The minimum atomic E-state index is -0.605. The standard InChI is InChI=1S/C24H29ClN6O3/c1-16-18(17(2)31-15-27-22(23(26)33)24(31)28-16)7-8-21(32)30-11-9-29(10-12-30)13-14-34-20-6-4-3-5-19(20)25/h3-6,15H,7-14H2,1-2H3,(H2,26,33). The molecule has 0 aliphatic carbocycles. The van der Waals surface area contributed by atoms with Gasteiger partial charge >= 0.3 is 0 Å². The van der Waals surface area contributed by atoms with Crippen LogP contribution in [0.15, 0.2) is 30.6 Å². The molecule has 3 aromatic rings. The molecule has 0 radical (unpaired) electrons. The van der Waals surface area contributed by atoms with Gasteiger partial charge in [0.05, 0.1) is 5.02 Å². The van der Waals surface area contributed by atoms with Gasteiger partial charge in [-0.3, -0.25) is 18.9 Å². The summed E-state index contributed by atoms with van der Waals surface area (Å²) in [5.41, 5.74) is 8.69. The summed E-state index contributed by atoms with van der Waals surface area (Å²) in [5, 5.41) is 0.610. The molecular weight excluding hydrogens is 456 g/mol. The maximum absolute atomic E-state index is 12.9. The lowest BCUT2D eigenvalue weighted by molar-refractivity contribution is -0.132. The average molecular weight is 485 g/mol. The van der Waals surface area contributed by atoms with Gasteiger partial charge in [0.2, 0.25) is 5.91 Å². The van der Waals surface area contributed by atoms with E-state index in [4.69, 9.17) is 22.1 Å². The minimum absolute atomic E-state index is 0.134. The van der Waals surface area contributed by atoms with Crippen molar-refractivity contribution >= 4 is 29.1 Å². The van der Waals surface area contributed by atoms with E-state index in [1.54, 1.807) is 10.7 Å². The maximum atomic E-state index is 12.9. The first-order valence-electron chi connectivity index (χ1n) is 11.4. The number of amides is 2. The second kappa shape index (κ2) is 10.4. The molecule has 3 heterocycles. The molecule has 9 nitrogen and oxygen atoms in total. The van der Waals surface area contributed by atoms with Crippen molar-refractivity contribution < 1.29 is 14.3 Å². The van der Waals surface area contributed by atoms with Crippen LogP contribution in [0, 0.1) is 13.8 Å². The highest BCUT2D eigenvalue weighted by Gasteiger charge is 2.22. The van der Waals surface area contributed by atoms with E-state index in [2.05, 4.69) is 14.9 Å². The van der Waals surface area contributed by atoms with E-state index in [0.717, 1.165) is 36.6 Å².